The molecule has 7 nitrogen and oxygen atoms in total. The summed E-state index contributed by atoms with van der Waals surface area (Å²) >= 11 is 0. The maximum Gasteiger partial charge on any atom is 0.433 e. The summed E-state index contributed by atoms with van der Waals surface area (Å²) in [5.41, 5.74) is 0. The molecule has 0 aromatic carbocycles. The molecule has 0 unspecified atom stereocenters. The van der Waals surface area contributed by atoms with Gasteiger partial charge in [0.1, 0.15) is 10.7 Å². The van der Waals surface area contributed by atoms with Crippen LogP contribution in [0.25, 0.3) is 6.08 Å². The van der Waals surface area contributed by atoms with Crippen LogP contribution in [0.15, 0.2) is 22.6 Å². The van der Waals surface area contributed by atoms with Gasteiger partial charge in [0.2, 0.25) is 0 Å². The molecule has 0 saturated carbocycles. The molecule has 0 spiro atoms. The third kappa shape index (κ3) is 4.29. The Labute approximate surface area is 116 Å². The van der Waals surface area contributed by atoms with E-state index in [1.807, 2.05) is 0 Å². The summed E-state index contributed by atoms with van der Waals surface area (Å²) in [6, 6.07) is 2.72. The smallest absolute Gasteiger partial charge is 0.401 e. The van der Waals surface area contributed by atoms with Gasteiger partial charge in [-0.3, -0.25) is 19.8 Å². The molecule has 1 aromatic rings. The van der Waals surface area contributed by atoms with Gasteiger partial charge in [0.25, 0.3) is 0 Å². The number of nitro groups is 1. The van der Waals surface area contributed by atoms with Crippen molar-refractivity contribution in [1.29, 1.82) is 0 Å². The molecular weight excluding hydrogens is 264 g/mol. The first-order valence-corrected chi connectivity index (χ1v) is 6.40. The Kier molecular flexibility index (Phi) is 5.03. The van der Waals surface area contributed by atoms with Gasteiger partial charge in [-0.25, -0.2) is 0 Å². The molecule has 2 rings (SSSR count). The summed E-state index contributed by atoms with van der Waals surface area (Å²) in [4.78, 5) is 23.7. The van der Waals surface area contributed by atoms with Crippen LogP contribution in [0.5, 0.6) is 0 Å². The Morgan fingerprint density at radius 2 is 2.15 bits per heavy atom. The van der Waals surface area contributed by atoms with E-state index in [1.54, 1.807) is 0 Å². The molecule has 1 aliphatic heterocycles. The largest absolute Gasteiger partial charge is 0.433 e. The van der Waals surface area contributed by atoms with E-state index in [-0.39, 0.29) is 11.7 Å². The van der Waals surface area contributed by atoms with Gasteiger partial charge in [0.15, 0.2) is 5.78 Å². The monoisotopic (exact) mass is 280 g/mol. The van der Waals surface area contributed by atoms with Gasteiger partial charge in [-0.1, -0.05) is 0 Å². The summed E-state index contributed by atoms with van der Waals surface area (Å²) in [7, 11) is 0. The molecule has 0 N–H and O–H groups in total. The molecule has 0 atom stereocenters. The highest BCUT2D eigenvalue weighted by Gasteiger charge is 2.12. The van der Waals surface area contributed by atoms with Crippen molar-refractivity contribution in [3.05, 3.63) is 34.1 Å². The van der Waals surface area contributed by atoms with Gasteiger partial charge in [-0.15, -0.1) is 0 Å². The normalized spacial score (nSPS) is 16.6. The van der Waals surface area contributed by atoms with Crippen LogP contribution < -0.4 is 0 Å². The summed E-state index contributed by atoms with van der Waals surface area (Å²) in [5, 5.41) is 10.4. The number of carbonyl (C=O) groups is 1. The van der Waals surface area contributed by atoms with Crippen LogP contribution >= 0.6 is 0 Å². The Bertz CT molecular complexity index is 503. The average Bonchev–Trinajstić information content (AvgIpc) is 2.93. The van der Waals surface area contributed by atoms with E-state index in [9.17, 15) is 14.9 Å². The van der Waals surface area contributed by atoms with Crippen LogP contribution in [0.3, 0.4) is 0 Å². The van der Waals surface area contributed by atoms with Gasteiger partial charge in [0.05, 0.1) is 19.3 Å². The number of carbonyl (C=O) groups excluding carboxylic acids is 1. The lowest BCUT2D eigenvalue weighted by atomic mass is 10.2. The molecule has 0 aliphatic carbocycles. The first kappa shape index (κ1) is 14.4. The zero-order chi connectivity index (χ0) is 14.4. The average molecular weight is 280 g/mol. The fraction of sp³-hybridized carbons (Fsp3) is 0.462. The first-order valence-electron chi connectivity index (χ1n) is 6.40. The van der Waals surface area contributed by atoms with Gasteiger partial charge in [-0.05, 0) is 18.2 Å². The summed E-state index contributed by atoms with van der Waals surface area (Å²) in [6.45, 7) is 3.81. The fourth-order valence-corrected chi connectivity index (χ4v) is 1.88. The first-order chi connectivity index (χ1) is 9.65. The number of nitrogens with zero attached hydrogens (tertiary/aromatic N) is 2. The minimum atomic E-state index is -0.614. The summed E-state index contributed by atoms with van der Waals surface area (Å²) in [6.07, 6.45) is 3.26. The molecule has 1 aliphatic rings. The van der Waals surface area contributed by atoms with Crippen molar-refractivity contribution in [1.82, 2.24) is 4.90 Å². The van der Waals surface area contributed by atoms with Crippen LogP contribution in [0.1, 0.15) is 12.2 Å². The lowest BCUT2D eigenvalue weighted by Crippen LogP contribution is -2.37. The van der Waals surface area contributed by atoms with Crippen LogP contribution in [-0.2, 0) is 9.53 Å². The lowest BCUT2D eigenvalue weighted by Gasteiger charge is -2.25. The highest BCUT2D eigenvalue weighted by Crippen LogP contribution is 2.16. The summed E-state index contributed by atoms with van der Waals surface area (Å²) < 4.78 is 10.2. The molecule has 1 fully saturated rings. The van der Waals surface area contributed by atoms with Crippen LogP contribution in [-0.4, -0.2) is 48.5 Å². The van der Waals surface area contributed by atoms with E-state index in [0.717, 1.165) is 13.1 Å². The van der Waals surface area contributed by atoms with E-state index >= 15 is 0 Å². The highest BCUT2D eigenvalue weighted by molar-refractivity contribution is 5.93. The maximum atomic E-state index is 11.7. The quantitative estimate of drug-likeness (QED) is 0.446. The molecule has 7 heteroatoms. The minimum Gasteiger partial charge on any atom is -0.401 e. The van der Waals surface area contributed by atoms with Crippen molar-refractivity contribution in [2.45, 2.75) is 6.42 Å². The number of hydrogen-bond donors (Lipinski definition) is 0. The fourth-order valence-electron chi connectivity index (χ4n) is 1.88. The molecule has 108 valence electrons. The zero-order valence-electron chi connectivity index (χ0n) is 11.0. The Morgan fingerprint density at radius 1 is 1.40 bits per heavy atom. The van der Waals surface area contributed by atoms with Crippen molar-refractivity contribution in [3.63, 3.8) is 0 Å². The standard InChI is InChI=1S/C13H16N2O5/c16-11(5-6-14-7-9-19-10-8-14)1-2-12-3-4-13(20-12)15(17)18/h1-4H,5-10H2/b2-1-. The van der Waals surface area contributed by atoms with Crippen molar-refractivity contribution in [2.75, 3.05) is 32.8 Å². The predicted octanol–water partition coefficient (Wildman–Crippen LogP) is 1.49. The van der Waals surface area contributed by atoms with Crippen LogP contribution in [0.4, 0.5) is 5.88 Å². The number of ketones is 1. The van der Waals surface area contributed by atoms with E-state index in [2.05, 4.69) is 4.90 Å². The highest BCUT2D eigenvalue weighted by atomic mass is 16.6. The maximum absolute atomic E-state index is 11.7. The van der Waals surface area contributed by atoms with Gasteiger partial charge in [0, 0.05) is 26.1 Å². The number of furan rings is 1. The molecule has 0 amide bonds. The second kappa shape index (κ2) is 6.97. The number of hydrogen-bond acceptors (Lipinski definition) is 6. The topological polar surface area (TPSA) is 85.8 Å². The van der Waals surface area contributed by atoms with Gasteiger partial charge < -0.3 is 9.15 Å². The van der Waals surface area contributed by atoms with Crippen molar-refractivity contribution in [3.8, 4) is 0 Å². The Morgan fingerprint density at radius 3 is 2.80 bits per heavy atom. The minimum absolute atomic E-state index is 0.0319. The number of ether oxygens (including phenoxy) is 1. The zero-order valence-corrected chi connectivity index (χ0v) is 11.0. The van der Waals surface area contributed by atoms with Crippen LogP contribution in [0.2, 0.25) is 0 Å². The Hall–Kier alpha value is -1.99. The van der Waals surface area contributed by atoms with Gasteiger partial charge >= 0.3 is 5.88 Å². The SMILES string of the molecule is O=C(/C=C\c1ccc([N+](=O)[O-])o1)CCN1CCOCC1. The molecule has 20 heavy (non-hydrogen) atoms. The number of morpholine rings is 1. The molecule has 1 saturated heterocycles. The second-order valence-corrected chi connectivity index (χ2v) is 4.44. The summed E-state index contributed by atoms with van der Waals surface area (Å²) in [5.74, 6) is -0.0580. The lowest BCUT2D eigenvalue weighted by molar-refractivity contribution is -0.402. The number of rotatable bonds is 6. The molecule has 2 heterocycles. The third-order valence-electron chi connectivity index (χ3n) is 3.00. The van der Waals surface area contributed by atoms with E-state index in [1.165, 1.54) is 24.3 Å². The van der Waals surface area contributed by atoms with Crippen molar-refractivity contribution >= 4 is 17.7 Å². The van der Waals surface area contributed by atoms with E-state index < -0.39 is 4.92 Å². The molecular formula is C13H16N2O5. The number of allylic oxidation sites excluding steroid dienone is 1. The Balaban J connectivity index is 1.77. The second-order valence-electron chi connectivity index (χ2n) is 4.44. The molecule has 0 bridgehead atoms. The van der Waals surface area contributed by atoms with E-state index in [4.69, 9.17) is 9.15 Å². The van der Waals surface area contributed by atoms with E-state index in [0.29, 0.717) is 31.9 Å². The molecule has 1 aromatic heterocycles. The molecule has 0 radical (unpaired) electrons. The van der Waals surface area contributed by atoms with Crippen molar-refractivity contribution < 1.29 is 18.9 Å². The third-order valence-corrected chi connectivity index (χ3v) is 3.00. The van der Waals surface area contributed by atoms with Crippen LogP contribution in [0, 0.1) is 10.1 Å². The van der Waals surface area contributed by atoms with Crippen molar-refractivity contribution in [2.24, 2.45) is 0 Å². The van der Waals surface area contributed by atoms with Gasteiger partial charge in [-0.2, -0.15) is 0 Å². The predicted molar refractivity (Wildman–Crippen MR) is 71.3 cm³/mol.